The number of hydrogen-bond acceptors (Lipinski definition) is 5. The molecule has 25 heavy (non-hydrogen) atoms. The molecule has 1 aliphatic heterocycles. The lowest BCUT2D eigenvalue weighted by Gasteiger charge is -2.20. The van der Waals surface area contributed by atoms with Crippen LogP contribution in [0.15, 0.2) is 30.3 Å². The van der Waals surface area contributed by atoms with Crippen LogP contribution in [0.2, 0.25) is 0 Å². The third-order valence-corrected chi connectivity index (χ3v) is 4.22. The number of rotatable bonds is 5. The average molecular weight is 343 g/mol. The smallest absolute Gasteiger partial charge is 0.254 e. The van der Waals surface area contributed by atoms with Gasteiger partial charge in [-0.05, 0) is 48.4 Å². The van der Waals surface area contributed by atoms with Gasteiger partial charge in [-0.1, -0.05) is 0 Å². The molecule has 0 bridgehead atoms. The van der Waals surface area contributed by atoms with Gasteiger partial charge in [0.15, 0.2) is 23.0 Å². The molecule has 1 aliphatic rings. The van der Waals surface area contributed by atoms with Crippen molar-refractivity contribution in [2.75, 3.05) is 28.1 Å². The molecule has 3 rings (SSSR count). The molecule has 132 valence electrons. The second-order valence-corrected chi connectivity index (χ2v) is 5.86. The maximum Gasteiger partial charge on any atom is 0.254 e. The lowest BCUT2D eigenvalue weighted by Crippen LogP contribution is -2.26. The Bertz CT molecular complexity index is 803. The first kappa shape index (κ1) is 17.0. The van der Waals surface area contributed by atoms with Crippen LogP contribution >= 0.6 is 0 Å². The lowest BCUT2D eigenvalue weighted by atomic mass is 10.1. The summed E-state index contributed by atoms with van der Waals surface area (Å²) in [4.78, 5) is 14.4. The van der Waals surface area contributed by atoms with Crippen LogP contribution < -0.4 is 18.9 Å². The topological polar surface area (TPSA) is 57.2 Å². The number of aryl methyl sites for hydroxylation is 1. The summed E-state index contributed by atoms with van der Waals surface area (Å²) in [5, 5.41) is 0. The summed E-state index contributed by atoms with van der Waals surface area (Å²) in [6.07, 6.45) is 0. The van der Waals surface area contributed by atoms with E-state index >= 15 is 0 Å². The summed E-state index contributed by atoms with van der Waals surface area (Å²) < 4.78 is 21.3. The zero-order valence-electron chi connectivity index (χ0n) is 14.8. The van der Waals surface area contributed by atoms with Crippen molar-refractivity contribution in [3.05, 3.63) is 47.0 Å². The molecule has 0 spiro atoms. The predicted octanol–water partition coefficient (Wildman–Crippen LogP) is 3.01. The first-order valence-electron chi connectivity index (χ1n) is 7.90. The largest absolute Gasteiger partial charge is 0.493 e. The van der Waals surface area contributed by atoms with Crippen molar-refractivity contribution in [2.45, 2.75) is 13.5 Å². The molecule has 6 heteroatoms. The van der Waals surface area contributed by atoms with E-state index in [-0.39, 0.29) is 12.7 Å². The number of hydrogen-bond donors (Lipinski definition) is 0. The quantitative estimate of drug-likeness (QED) is 0.835. The van der Waals surface area contributed by atoms with Crippen molar-refractivity contribution in [1.29, 1.82) is 0 Å². The van der Waals surface area contributed by atoms with Gasteiger partial charge < -0.3 is 23.8 Å². The van der Waals surface area contributed by atoms with E-state index in [4.69, 9.17) is 18.9 Å². The summed E-state index contributed by atoms with van der Waals surface area (Å²) in [6.45, 7) is 2.63. The molecule has 6 nitrogen and oxygen atoms in total. The van der Waals surface area contributed by atoms with Gasteiger partial charge in [-0.3, -0.25) is 4.79 Å². The van der Waals surface area contributed by atoms with Gasteiger partial charge in [0.2, 0.25) is 6.79 Å². The molecule has 0 aromatic heterocycles. The maximum atomic E-state index is 12.7. The summed E-state index contributed by atoms with van der Waals surface area (Å²) >= 11 is 0. The van der Waals surface area contributed by atoms with Crippen LogP contribution in [0.1, 0.15) is 21.5 Å². The molecule has 1 heterocycles. The first-order valence-corrected chi connectivity index (χ1v) is 7.90. The molecule has 2 aromatic rings. The Morgan fingerprint density at radius 2 is 1.76 bits per heavy atom. The van der Waals surface area contributed by atoms with Gasteiger partial charge in [-0.25, -0.2) is 0 Å². The Hall–Kier alpha value is -2.89. The molecule has 2 aromatic carbocycles. The highest BCUT2D eigenvalue weighted by atomic mass is 16.7. The number of carbonyl (C=O) groups excluding carboxylic acids is 1. The monoisotopic (exact) mass is 343 g/mol. The normalized spacial score (nSPS) is 12.0. The summed E-state index contributed by atoms with van der Waals surface area (Å²) in [6, 6.07) is 9.02. The molecule has 0 atom stereocenters. The number of amides is 1. The predicted molar refractivity (Wildman–Crippen MR) is 92.6 cm³/mol. The van der Waals surface area contributed by atoms with E-state index in [0.29, 0.717) is 35.1 Å². The molecule has 0 aliphatic carbocycles. The molecule has 1 amide bonds. The minimum Gasteiger partial charge on any atom is -0.493 e. The van der Waals surface area contributed by atoms with E-state index in [1.165, 1.54) is 0 Å². The number of nitrogens with zero attached hydrogens (tertiary/aromatic N) is 1. The van der Waals surface area contributed by atoms with Gasteiger partial charge in [0.25, 0.3) is 5.91 Å². The highest BCUT2D eigenvalue weighted by Gasteiger charge is 2.19. The van der Waals surface area contributed by atoms with Crippen LogP contribution in [0.25, 0.3) is 0 Å². The van der Waals surface area contributed by atoms with Crippen LogP contribution in [0, 0.1) is 6.92 Å². The molecule has 0 fully saturated rings. The summed E-state index contributed by atoms with van der Waals surface area (Å²) in [5.41, 5.74) is 2.59. The highest BCUT2D eigenvalue weighted by molar-refractivity contribution is 5.94. The first-order chi connectivity index (χ1) is 12.0. The van der Waals surface area contributed by atoms with Crippen molar-refractivity contribution in [1.82, 2.24) is 4.90 Å². The van der Waals surface area contributed by atoms with Gasteiger partial charge in [-0.2, -0.15) is 0 Å². The SMILES string of the molecule is COc1cc(C)c(CN(C)C(=O)c2ccc3c(c2)OCO3)cc1OC. The van der Waals surface area contributed by atoms with Crippen LogP contribution in [0.5, 0.6) is 23.0 Å². The molecule has 0 N–H and O–H groups in total. The van der Waals surface area contributed by atoms with E-state index in [9.17, 15) is 4.79 Å². The number of methoxy groups -OCH3 is 2. The second kappa shape index (κ2) is 6.93. The van der Waals surface area contributed by atoms with Gasteiger partial charge in [0.1, 0.15) is 0 Å². The minimum atomic E-state index is -0.0903. The van der Waals surface area contributed by atoms with Gasteiger partial charge in [0, 0.05) is 19.2 Å². The fourth-order valence-corrected chi connectivity index (χ4v) is 2.77. The van der Waals surface area contributed by atoms with Gasteiger partial charge in [0.05, 0.1) is 14.2 Å². The molecule has 0 unspecified atom stereocenters. The van der Waals surface area contributed by atoms with Gasteiger partial charge in [-0.15, -0.1) is 0 Å². The second-order valence-electron chi connectivity index (χ2n) is 5.86. The van der Waals surface area contributed by atoms with Crippen molar-refractivity contribution in [2.24, 2.45) is 0 Å². The molecular weight excluding hydrogens is 322 g/mol. The fourth-order valence-electron chi connectivity index (χ4n) is 2.77. The Morgan fingerprint density at radius 1 is 1.08 bits per heavy atom. The minimum absolute atomic E-state index is 0.0903. The number of benzene rings is 2. The van der Waals surface area contributed by atoms with E-state index in [0.717, 1.165) is 11.1 Å². The van der Waals surface area contributed by atoms with Crippen molar-refractivity contribution < 1.29 is 23.7 Å². The van der Waals surface area contributed by atoms with Crippen molar-refractivity contribution >= 4 is 5.91 Å². The highest BCUT2D eigenvalue weighted by Crippen LogP contribution is 2.33. The standard InChI is InChI=1S/C19H21NO5/c1-12-7-16(22-3)17(23-4)9-14(12)10-20(2)19(21)13-5-6-15-18(8-13)25-11-24-15/h5-9H,10-11H2,1-4H3. The molecule has 0 saturated carbocycles. The fraction of sp³-hybridized carbons (Fsp3) is 0.316. The Labute approximate surface area is 146 Å². The Balaban J connectivity index is 1.80. The van der Waals surface area contributed by atoms with Crippen molar-refractivity contribution in [3.8, 4) is 23.0 Å². The van der Waals surface area contributed by atoms with Gasteiger partial charge >= 0.3 is 0 Å². The molecular formula is C19H21NO5. The maximum absolute atomic E-state index is 12.7. The van der Waals surface area contributed by atoms with Crippen molar-refractivity contribution in [3.63, 3.8) is 0 Å². The molecule has 0 radical (unpaired) electrons. The zero-order chi connectivity index (χ0) is 18.0. The number of fused-ring (bicyclic) bond motifs is 1. The van der Waals surface area contributed by atoms with E-state index in [1.54, 1.807) is 44.4 Å². The number of ether oxygens (including phenoxy) is 4. The summed E-state index contributed by atoms with van der Waals surface area (Å²) in [7, 11) is 4.97. The van der Waals surface area contributed by atoms with Crippen LogP contribution in [0.4, 0.5) is 0 Å². The Morgan fingerprint density at radius 3 is 2.48 bits per heavy atom. The molecule has 0 saturated heterocycles. The van der Waals surface area contributed by atoms with Crippen LogP contribution in [0.3, 0.4) is 0 Å². The van der Waals surface area contributed by atoms with E-state index < -0.39 is 0 Å². The average Bonchev–Trinajstić information content (AvgIpc) is 3.09. The Kier molecular flexibility index (Phi) is 4.70. The zero-order valence-corrected chi connectivity index (χ0v) is 14.8. The van der Waals surface area contributed by atoms with Crippen LogP contribution in [-0.4, -0.2) is 38.9 Å². The third kappa shape index (κ3) is 3.33. The number of carbonyl (C=O) groups is 1. The summed E-state index contributed by atoms with van der Waals surface area (Å²) in [5.74, 6) is 2.49. The third-order valence-electron chi connectivity index (χ3n) is 4.22. The lowest BCUT2D eigenvalue weighted by molar-refractivity contribution is 0.0784. The van der Waals surface area contributed by atoms with E-state index in [1.807, 2.05) is 19.1 Å². The van der Waals surface area contributed by atoms with E-state index in [2.05, 4.69) is 0 Å². The van der Waals surface area contributed by atoms with Crippen LogP contribution in [-0.2, 0) is 6.54 Å².